The molecule has 0 bridgehead atoms. The molecule has 15 heavy (non-hydrogen) atoms. The molecule has 0 saturated carbocycles. The molecule has 0 unspecified atom stereocenters. The molecule has 1 aromatic rings. The largest absolute Gasteiger partial charge is 0.322 e. The maximum atomic E-state index is 10.8. The summed E-state index contributed by atoms with van der Waals surface area (Å²) in [7, 11) is 0. The van der Waals surface area contributed by atoms with E-state index in [2.05, 4.69) is 0 Å². The SMILES string of the molecule is Cc1cc(C(C)(C)N)cc(C)c1[N+](=O)[O-]. The highest BCUT2D eigenvalue weighted by atomic mass is 16.6. The van der Waals surface area contributed by atoms with E-state index in [1.807, 2.05) is 13.8 Å². The highest BCUT2D eigenvalue weighted by Crippen LogP contribution is 2.28. The zero-order chi connectivity index (χ0) is 11.8. The lowest BCUT2D eigenvalue weighted by Crippen LogP contribution is -2.28. The first-order chi connectivity index (χ1) is 6.73. The lowest BCUT2D eigenvalue weighted by molar-refractivity contribution is -0.386. The summed E-state index contributed by atoms with van der Waals surface area (Å²) < 4.78 is 0. The minimum Gasteiger partial charge on any atom is -0.322 e. The summed E-state index contributed by atoms with van der Waals surface area (Å²) in [6.07, 6.45) is 0. The van der Waals surface area contributed by atoms with Crippen molar-refractivity contribution in [3.8, 4) is 0 Å². The standard InChI is InChI=1S/C11H16N2O2/c1-7-5-9(11(3,4)12)6-8(2)10(7)13(14)15/h5-6H,12H2,1-4H3. The van der Waals surface area contributed by atoms with Crippen LogP contribution in [0.3, 0.4) is 0 Å². The van der Waals surface area contributed by atoms with Crippen molar-refractivity contribution in [2.24, 2.45) is 5.73 Å². The van der Waals surface area contributed by atoms with Crippen molar-refractivity contribution in [1.29, 1.82) is 0 Å². The highest BCUT2D eigenvalue weighted by molar-refractivity contribution is 5.50. The maximum absolute atomic E-state index is 10.8. The molecule has 4 heteroatoms. The highest BCUT2D eigenvalue weighted by Gasteiger charge is 2.21. The number of nitrogens with two attached hydrogens (primary N) is 1. The zero-order valence-electron chi connectivity index (χ0n) is 9.50. The van der Waals surface area contributed by atoms with E-state index in [0.717, 1.165) is 5.56 Å². The second-order valence-corrected chi connectivity index (χ2v) is 4.44. The minimum absolute atomic E-state index is 0.183. The van der Waals surface area contributed by atoms with E-state index >= 15 is 0 Å². The molecular formula is C11H16N2O2. The Labute approximate surface area is 89.2 Å². The van der Waals surface area contributed by atoms with E-state index < -0.39 is 5.54 Å². The lowest BCUT2D eigenvalue weighted by atomic mass is 9.91. The Morgan fingerprint density at radius 1 is 1.27 bits per heavy atom. The van der Waals surface area contributed by atoms with Gasteiger partial charge in [-0.1, -0.05) is 0 Å². The minimum atomic E-state index is -0.468. The summed E-state index contributed by atoms with van der Waals surface area (Å²) >= 11 is 0. The summed E-state index contributed by atoms with van der Waals surface area (Å²) in [5.41, 5.74) is 7.91. The molecule has 0 heterocycles. The van der Waals surface area contributed by atoms with Crippen molar-refractivity contribution in [3.05, 3.63) is 38.9 Å². The summed E-state index contributed by atoms with van der Waals surface area (Å²) in [6.45, 7) is 7.24. The van der Waals surface area contributed by atoms with E-state index in [1.54, 1.807) is 26.0 Å². The van der Waals surface area contributed by atoms with Crippen LogP contribution >= 0.6 is 0 Å². The van der Waals surface area contributed by atoms with Crippen LogP contribution in [0.1, 0.15) is 30.5 Å². The number of nitrogens with zero attached hydrogens (tertiary/aromatic N) is 1. The number of hydrogen-bond acceptors (Lipinski definition) is 3. The molecular weight excluding hydrogens is 192 g/mol. The van der Waals surface area contributed by atoms with Gasteiger partial charge in [-0.05, 0) is 45.4 Å². The molecule has 0 radical (unpaired) electrons. The Morgan fingerprint density at radius 2 is 1.67 bits per heavy atom. The summed E-state index contributed by atoms with van der Waals surface area (Å²) in [5.74, 6) is 0. The molecule has 82 valence electrons. The van der Waals surface area contributed by atoms with Crippen LogP contribution in [-0.2, 0) is 5.54 Å². The van der Waals surface area contributed by atoms with Crippen molar-refractivity contribution >= 4 is 5.69 Å². The van der Waals surface area contributed by atoms with Crippen LogP contribution in [0.15, 0.2) is 12.1 Å². The molecule has 0 aromatic heterocycles. The quantitative estimate of drug-likeness (QED) is 0.599. The average Bonchev–Trinajstić information content (AvgIpc) is 1.99. The Kier molecular flexibility index (Phi) is 2.81. The first-order valence-electron chi connectivity index (χ1n) is 4.78. The molecule has 4 nitrogen and oxygen atoms in total. The van der Waals surface area contributed by atoms with Gasteiger partial charge in [-0.2, -0.15) is 0 Å². The van der Waals surface area contributed by atoms with Gasteiger partial charge in [0.1, 0.15) is 0 Å². The molecule has 0 atom stereocenters. The average molecular weight is 208 g/mol. The van der Waals surface area contributed by atoms with Crippen molar-refractivity contribution in [2.45, 2.75) is 33.2 Å². The molecule has 1 rings (SSSR count). The Bertz CT molecular complexity index is 383. The predicted octanol–water partition coefficient (Wildman–Crippen LogP) is 2.41. The van der Waals surface area contributed by atoms with Gasteiger partial charge in [0, 0.05) is 16.7 Å². The van der Waals surface area contributed by atoms with Gasteiger partial charge in [0.25, 0.3) is 5.69 Å². The third-order valence-corrected chi connectivity index (χ3v) is 2.42. The molecule has 0 aliphatic carbocycles. The zero-order valence-corrected chi connectivity index (χ0v) is 9.50. The number of benzene rings is 1. The van der Waals surface area contributed by atoms with E-state index in [1.165, 1.54) is 0 Å². The molecule has 0 amide bonds. The summed E-state index contributed by atoms with van der Waals surface area (Å²) in [4.78, 5) is 10.4. The van der Waals surface area contributed by atoms with E-state index in [4.69, 9.17) is 5.73 Å². The Balaban J connectivity index is 3.39. The Hall–Kier alpha value is -1.42. The maximum Gasteiger partial charge on any atom is 0.275 e. The topological polar surface area (TPSA) is 69.2 Å². The van der Waals surface area contributed by atoms with Crippen LogP contribution in [-0.4, -0.2) is 4.92 Å². The normalized spacial score (nSPS) is 11.5. The van der Waals surface area contributed by atoms with Crippen molar-refractivity contribution < 1.29 is 4.92 Å². The first-order valence-corrected chi connectivity index (χ1v) is 4.78. The summed E-state index contributed by atoms with van der Waals surface area (Å²) in [6, 6.07) is 3.57. The van der Waals surface area contributed by atoms with E-state index in [-0.39, 0.29) is 10.6 Å². The number of rotatable bonds is 2. The van der Waals surface area contributed by atoms with Gasteiger partial charge in [0.2, 0.25) is 0 Å². The molecule has 0 fully saturated rings. The first kappa shape index (κ1) is 11.7. The summed E-state index contributed by atoms with van der Waals surface area (Å²) in [5, 5.41) is 10.8. The van der Waals surface area contributed by atoms with Gasteiger partial charge in [-0.25, -0.2) is 0 Å². The van der Waals surface area contributed by atoms with Gasteiger partial charge in [0.15, 0.2) is 0 Å². The fourth-order valence-corrected chi connectivity index (χ4v) is 1.62. The van der Waals surface area contributed by atoms with Crippen LogP contribution in [0.2, 0.25) is 0 Å². The van der Waals surface area contributed by atoms with Crippen LogP contribution in [0, 0.1) is 24.0 Å². The second kappa shape index (κ2) is 3.62. The number of hydrogen-bond donors (Lipinski definition) is 1. The van der Waals surface area contributed by atoms with E-state index in [0.29, 0.717) is 11.1 Å². The third-order valence-electron chi connectivity index (χ3n) is 2.42. The van der Waals surface area contributed by atoms with Crippen LogP contribution in [0.25, 0.3) is 0 Å². The molecule has 0 saturated heterocycles. The number of nitro groups is 1. The third kappa shape index (κ3) is 2.33. The molecule has 1 aromatic carbocycles. The molecule has 0 aliphatic rings. The smallest absolute Gasteiger partial charge is 0.275 e. The number of aryl methyl sites for hydroxylation is 2. The lowest BCUT2D eigenvalue weighted by Gasteiger charge is -2.20. The predicted molar refractivity (Wildman–Crippen MR) is 59.8 cm³/mol. The fraction of sp³-hybridized carbons (Fsp3) is 0.455. The molecule has 0 aliphatic heterocycles. The van der Waals surface area contributed by atoms with Gasteiger partial charge in [-0.15, -0.1) is 0 Å². The molecule has 2 N–H and O–H groups in total. The Morgan fingerprint density at radius 3 is 1.93 bits per heavy atom. The fourth-order valence-electron chi connectivity index (χ4n) is 1.62. The van der Waals surface area contributed by atoms with Crippen molar-refractivity contribution in [1.82, 2.24) is 0 Å². The van der Waals surface area contributed by atoms with Gasteiger partial charge >= 0.3 is 0 Å². The van der Waals surface area contributed by atoms with Crippen LogP contribution in [0.5, 0.6) is 0 Å². The molecule has 0 spiro atoms. The van der Waals surface area contributed by atoms with Crippen molar-refractivity contribution in [3.63, 3.8) is 0 Å². The van der Waals surface area contributed by atoms with Gasteiger partial charge < -0.3 is 5.73 Å². The van der Waals surface area contributed by atoms with Crippen LogP contribution < -0.4 is 5.73 Å². The monoisotopic (exact) mass is 208 g/mol. The number of nitro benzene ring substituents is 1. The van der Waals surface area contributed by atoms with E-state index in [9.17, 15) is 10.1 Å². The van der Waals surface area contributed by atoms with Crippen molar-refractivity contribution in [2.75, 3.05) is 0 Å². The second-order valence-electron chi connectivity index (χ2n) is 4.44. The van der Waals surface area contributed by atoms with Gasteiger partial charge in [0.05, 0.1) is 4.92 Å². The van der Waals surface area contributed by atoms with Gasteiger partial charge in [-0.3, -0.25) is 10.1 Å². The van der Waals surface area contributed by atoms with Crippen LogP contribution in [0.4, 0.5) is 5.69 Å².